The Labute approximate surface area is 178 Å². The predicted molar refractivity (Wildman–Crippen MR) is 114 cm³/mol. The zero-order chi connectivity index (χ0) is 21.6. The lowest BCUT2D eigenvalue weighted by Gasteiger charge is -2.56. The monoisotopic (exact) mass is 414 g/mol. The summed E-state index contributed by atoms with van der Waals surface area (Å²) in [5.74, 6) is 0.766. The molecule has 2 bridgehead atoms. The maximum atomic E-state index is 13.2. The van der Waals surface area contributed by atoms with Crippen LogP contribution in [0.1, 0.15) is 62.5 Å². The average Bonchev–Trinajstić information content (AvgIpc) is 3.12. The van der Waals surface area contributed by atoms with Gasteiger partial charge >= 0.3 is 0 Å². The third-order valence-corrected chi connectivity index (χ3v) is 7.12. The van der Waals surface area contributed by atoms with Gasteiger partial charge in [0.1, 0.15) is 0 Å². The van der Waals surface area contributed by atoms with E-state index in [0.717, 1.165) is 30.5 Å². The quantitative estimate of drug-likeness (QED) is 0.796. The van der Waals surface area contributed by atoms with Gasteiger partial charge in [0.05, 0.1) is 11.6 Å². The highest BCUT2D eigenvalue weighted by Gasteiger charge is 2.50. The van der Waals surface area contributed by atoms with Crippen molar-refractivity contribution >= 4 is 17.7 Å². The van der Waals surface area contributed by atoms with E-state index in [1.54, 1.807) is 6.20 Å². The molecule has 4 rings (SSSR count). The van der Waals surface area contributed by atoms with Crippen LogP contribution in [0, 0.1) is 24.2 Å². The Bertz CT molecular complexity index is 840. The Morgan fingerprint density at radius 2 is 1.97 bits per heavy atom. The molecule has 0 aromatic carbocycles. The minimum Gasteiger partial charge on any atom is -0.365 e. The van der Waals surface area contributed by atoms with Crippen LogP contribution in [0.4, 0.5) is 0 Å². The van der Waals surface area contributed by atoms with Crippen LogP contribution in [0.2, 0.25) is 0 Å². The first-order valence-corrected chi connectivity index (χ1v) is 11.2. The van der Waals surface area contributed by atoms with Gasteiger partial charge in [0.2, 0.25) is 11.8 Å². The first kappa shape index (κ1) is 20.9. The Balaban J connectivity index is 1.57. The summed E-state index contributed by atoms with van der Waals surface area (Å²) >= 11 is 0. The summed E-state index contributed by atoms with van der Waals surface area (Å²) in [5, 5.41) is 3.09. The number of carbonyl (C=O) groups excluding carboxylic acids is 3. The zero-order valence-corrected chi connectivity index (χ0v) is 18.5. The van der Waals surface area contributed by atoms with Crippen LogP contribution < -0.4 is 5.32 Å². The number of fused-ring (bicyclic) bond motifs is 4. The molecule has 0 spiro atoms. The fourth-order valence-electron chi connectivity index (χ4n) is 5.52. The minimum atomic E-state index is -0.469. The van der Waals surface area contributed by atoms with Gasteiger partial charge in [0, 0.05) is 49.4 Å². The highest BCUT2D eigenvalue weighted by molar-refractivity contribution is 5.95. The summed E-state index contributed by atoms with van der Waals surface area (Å²) in [5.41, 5.74) is 1.14. The topological polar surface area (TPSA) is 85.5 Å². The van der Waals surface area contributed by atoms with E-state index in [4.69, 9.17) is 0 Å². The summed E-state index contributed by atoms with van der Waals surface area (Å²) < 4.78 is 0. The number of aromatic amines is 1. The Hall–Kier alpha value is -2.31. The van der Waals surface area contributed by atoms with Gasteiger partial charge in [-0.25, -0.2) is 0 Å². The largest absolute Gasteiger partial charge is 0.365 e. The molecule has 30 heavy (non-hydrogen) atoms. The van der Waals surface area contributed by atoms with Crippen molar-refractivity contribution < 1.29 is 14.4 Å². The standard InChI is InChI=1S/C23H34N4O3/c1-14-17(8-9-24-14)21(29)26-12-15-10-16(13-26)19(11-25-22(30)23(2,3)4)27-18(15)6-5-7-20(27)28/h8-9,15-16,18-19,24H,5-7,10-13H2,1-4H3,(H,25,30)/t15-,16+,18+,19+/m1/s1. The highest BCUT2D eigenvalue weighted by atomic mass is 16.2. The second kappa shape index (κ2) is 7.75. The molecule has 4 atom stereocenters. The number of amides is 3. The molecule has 3 amide bonds. The maximum absolute atomic E-state index is 13.2. The molecule has 0 unspecified atom stereocenters. The lowest BCUT2D eigenvalue weighted by atomic mass is 9.72. The zero-order valence-electron chi connectivity index (χ0n) is 18.5. The number of aromatic nitrogens is 1. The fraction of sp³-hybridized carbons (Fsp3) is 0.696. The number of hydrogen-bond donors (Lipinski definition) is 2. The molecule has 3 saturated heterocycles. The number of nitrogens with one attached hydrogen (secondary N) is 2. The van der Waals surface area contributed by atoms with Crippen molar-refractivity contribution in [2.24, 2.45) is 17.3 Å². The minimum absolute atomic E-state index is 0.00248. The molecule has 0 aliphatic carbocycles. The molecule has 3 aliphatic heterocycles. The molecule has 0 saturated carbocycles. The normalized spacial score (nSPS) is 28.9. The molecule has 1 aromatic rings. The van der Waals surface area contributed by atoms with Crippen LogP contribution in [-0.4, -0.2) is 64.2 Å². The number of carbonyl (C=O) groups is 3. The van der Waals surface area contributed by atoms with E-state index in [9.17, 15) is 14.4 Å². The van der Waals surface area contributed by atoms with Crippen LogP contribution in [0.25, 0.3) is 0 Å². The van der Waals surface area contributed by atoms with E-state index >= 15 is 0 Å². The molecule has 164 valence electrons. The van der Waals surface area contributed by atoms with Crippen molar-refractivity contribution in [1.29, 1.82) is 0 Å². The Morgan fingerprint density at radius 3 is 2.63 bits per heavy atom. The number of hydrogen-bond acceptors (Lipinski definition) is 3. The third-order valence-electron chi connectivity index (χ3n) is 7.12. The van der Waals surface area contributed by atoms with Crippen molar-refractivity contribution in [3.05, 3.63) is 23.5 Å². The van der Waals surface area contributed by atoms with Crippen LogP contribution >= 0.6 is 0 Å². The summed E-state index contributed by atoms with van der Waals surface area (Å²) in [6, 6.07) is 1.97. The highest BCUT2D eigenvalue weighted by Crippen LogP contribution is 2.41. The van der Waals surface area contributed by atoms with Crippen molar-refractivity contribution in [2.75, 3.05) is 19.6 Å². The molecule has 4 heterocycles. The van der Waals surface area contributed by atoms with E-state index in [1.165, 1.54) is 0 Å². The number of H-pyrrole nitrogens is 1. The van der Waals surface area contributed by atoms with Gasteiger partial charge in [-0.2, -0.15) is 0 Å². The number of rotatable bonds is 3. The predicted octanol–water partition coefficient (Wildman–Crippen LogP) is 2.33. The van der Waals surface area contributed by atoms with Gasteiger partial charge in [0.15, 0.2) is 0 Å². The van der Waals surface area contributed by atoms with E-state index < -0.39 is 5.41 Å². The molecule has 7 nitrogen and oxygen atoms in total. The molecular weight excluding hydrogens is 380 g/mol. The van der Waals surface area contributed by atoms with E-state index in [0.29, 0.717) is 32.0 Å². The molecule has 1 aromatic heterocycles. The molecule has 3 fully saturated rings. The van der Waals surface area contributed by atoms with Crippen molar-refractivity contribution in [2.45, 2.75) is 65.5 Å². The number of likely N-dealkylation sites (tertiary alicyclic amines) is 1. The second-order valence-electron chi connectivity index (χ2n) is 10.3. The van der Waals surface area contributed by atoms with Gasteiger partial charge in [-0.3, -0.25) is 14.4 Å². The number of aryl methyl sites for hydroxylation is 1. The third kappa shape index (κ3) is 3.74. The number of piperidine rings is 3. The molecule has 0 radical (unpaired) electrons. The maximum Gasteiger partial charge on any atom is 0.255 e. The molecule has 3 aliphatic rings. The molecule has 7 heteroatoms. The SMILES string of the molecule is Cc1[nH]ccc1C(=O)N1C[C@H]2C[C@@H](C1)[C@H](CNC(=O)C(C)(C)C)N1C(=O)CCC[C@@H]21. The first-order chi connectivity index (χ1) is 14.2. The van der Waals surface area contributed by atoms with Crippen LogP contribution in [0.3, 0.4) is 0 Å². The van der Waals surface area contributed by atoms with Gasteiger partial charge in [-0.1, -0.05) is 20.8 Å². The second-order valence-corrected chi connectivity index (χ2v) is 10.3. The molecule has 2 N–H and O–H groups in total. The summed E-state index contributed by atoms with van der Waals surface area (Å²) in [6.07, 6.45) is 5.30. The number of nitrogens with zero attached hydrogens (tertiary/aromatic N) is 2. The summed E-state index contributed by atoms with van der Waals surface area (Å²) in [4.78, 5) is 45.7. The van der Waals surface area contributed by atoms with Crippen molar-refractivity contribution in [3.63, 3.8) is 0 Å². The molecular formula is C23H34N4O3. The smallest absolute Gasteiger partial charge is 0.255 e. The van der Waals surface area contributed by atoms with E-state index in [1.807, 2.05) is 38.7 Å². The van der Waals surface area contributed by atoms with Crippen LogP contribution in [0.15, 0.2) is 12.3 Å². The Morgan fingerprint density at radius 1 is 1.23 bits per heavy atom. The lowest BCUT2D eigenvalue weighted by Crippen LogP contribution is -2.67. The van der Waals surface area contributed by atoms with E-state index in [2.05, 4.69) is 15.2 Å². The Kier molecular flexibility index (Phi) is 5.41. The van der Waals surface area contributed by atoms with Crippen LogP contribution in [-0.2, 0) is 9.59 Å². The fourth-order valence-corrected chi connectivity index (χ4v) is 5.52. The van der Waals surface area contributed by atoms with E-state index in [-0.39, 0.29) is 35.7 Å². The van der Waals surface area contributed by atoms with Crippen molar-refractivity contribution in [1.82, 2.24) is 20.1 Å². The lowest BCUT2D eigenvalue weighted by molar-refractivity contribution is -0.152. The average molecular weight is 415 g/mol. The summed E-state index contributed by atoms with van der Waals surface area (Å²) in [6.45, 7) is 9.41. The summed E-state index contributed by atoms with van der Waals surface area (Å²) in [7, 11) is 0. The van der Waals surface area contributed by atoms with Gasteiger partial charge in [0.25, 0.3) is 5.91 Å². The van der Waals surface area contributed by atoms with Gasteiger partial charge < -0.3 is 20.1 Å². The first-order valence-electron chi connectivity index (χ1n) is 11.2. The van der Waals surface area contributed by atoms with Gasteiger partial charge in [-0.15, -0.1) is 0 Å². The van der Waals surface area contributed by atoms with Gasteiger partial charge in [-0.05, 0) is 44.1 Å². The van der Waals surface area contributed by atoms with Crippen LogP contribution in [0.5, 0.6) is 0 Å². The van der Waals surface area contributed by atoms with Crippen molar-refractivity contribution in [3.8, 4) is 0 Å².